The first kappa shape index (κ1) is 15.3. The van der Waals surface area contributed by atoms with Crippen LogP contribution in [0.5, 0.6) is 5.75 Å². The van der Waals surface area contributed by atoms with Crippen molar-refractivity contribution in [3.05, 3.63) is 64.2 Å². The molecule has 6 nitrogen and oxygen atoms in total. The number of methoxy groups -OCH3 is 1. The van der Waals surface area contributed by atoms with Crippen LogP contribution in [-0.2, 0) is 9.47 Å². The molecule has 0 heterocycles. The van der Waals surface area contributed by atoms with Crippen molar-refractivity contribution in [2.75, 3.05) is 7.11 Å². The molecule has 0 saturated carbocycles. The maximum absolute atomic E-state index is 12.5. The molecule has 2 aromatic rings. The molecule has 0 fully saturated rings. The van der Waals surface area contributed by atoms with E-state index in [0.717, 1.165) is 0 Å². The van der Waals surface area contributed by atoms with Crippen LogP contribution < -0.4 is 0 Å². The molecule has 1 aliphatic carbocycles. The zero-order valence-electron chi connectivity index (χ0n) is 12.6. The standard InChI is InChI=1S/C18H11NO5/c1-23-18(22)24-16-7-12-6-14(15(20)8-13(12)16)17(21)11-4-2-10(9-19)3-5-11/h2-8,20H,1H3. The van der Waals surface area contributed by atoms with Crippen LogP contribution in [0.3, 0.4) is 0 Å². The summed E-state index contributed by atoms with van der Waals surface area (Å²) in [5, 5.41) is 18.9. The van der Waals surface area contributed by atoms with Gasteiger partial charge in [0.15, 0.2) is 5.78 Å². The molecule has 0 saturated heterocycles. The summed E-state index contributed by atoms with van der Waals surface area (Å²) in [5.74, 6) is -0.317. The third kappa shape index (κ3) is 2.59. The topological polar surface area (TPSA) is 96.6 Å². The molecule has 0 spiro atoms. The zero-order valence-corrected chi connectivity index (χ0v) is 12.6. The highest BCUT2D eigenvalue weighted by Gasteiger charge is 2.25. The lowest BCUT2D eigenvalue weighted by Crippen LogP contribution is -2.11. The Labute approximate surface area is 137 Å². The van der Waals surface area contributed by atoms with E-state index in [9.17, 15) is 14.7 Å². The highest BCUT2D eigenvalue weighted by Crippen LogP contribution is 2.38. The second-order valence-corrected chi connectivity index (χ2v) is 5.04. The number of aromatic hydroxyl groups is 1. The van der Waals surface area contributed by atoms with Gasteiger partial charge in [-0.2, -0.15) is 5.26 Å². The van der Waals surface area contributed by atoms with Gasteiger partial charge in [0.05, 0.1) is 24.3 Å². The molecule has 24 heavy (non-hydrogen) atoms. The lowest BCUT2D eigenvalue weighted by atomic mass is 9.90. The molecule has 0 amide bonds. The summed E-state index contributed by atoms with van der Waals surface area (Å²) in [5.41, 5.74) is 2.13. The van der Waals surface area contributed by atoms with Crippen molar-refractivity contribution in [3.8, 4) is 11.8 Å². The normalized spacial score (nSPS) is 11.4. The number of rotatable bonds is 3. The number of hydrogen-bond acceptors (Lipinski definition) is 6. The number of nitriles is 1. The van der Waals surface area contributed by atoms with Gasteiger partial charge >= 0.3 is 6.16 Å². The molecular formula is C18H11NO5. The average Bonchev–Trinajstić information content (AvgIpc) is 2.60. The van der Waals surface area contributed by atoms with E-state index in [1.165, 1.54) is 43.5 Å². The van der Waals surface area contributed by atoms with Crippen molar-refractivity contribution in [2.24, 2.45) is 0 Å². The third-order valence-electron chi connectivity index (χ3n) is 3.60. The summed E-state index contributed by atoms with van der Waals surface area (Å²) in [6.07, 6.45) is 0.713. The molecule has 1 aliphatic rings. The molecule has 2 aromatic carbocycles. The van der Waals surface area contributed by atoms with E-state index in [2.05, 4.69) is 4.74 Å². The molecule has 1 N–H and O–H groups in total. The van der Waals surface area contributed by atoms with Crippen LogP contribution >= 0.6 is 0 Å². The molecule has 0 radical (unpaired) electrons. The van der Waals surface area contributed by atoms with Gasteiger partial charge in [-0.05, 0) is 48.0 Å². The highest BCUT2D eigenvalue weighted by molar-refractivity contribution is 6.12. The quantitative estimate of drug-likeness (QED) is 0.689. The molecule has 0 aliphatic heterocycles. The Kier molecular flexibility index (Phi) is 3.76. The number of fused-ring (bicyclic) bond motifs is 1. The van der Waals surface area contributed by atoms with Crippen molar-refractivity contribution < 1.29 is 24.2 Å². The number of ketones is 1. The average molecular weight is 321 g/mol. The minimum absolute atomic E-state index is 0.131. The van der Waals surface area contributed by atoms with Crippen LogP contribution in [0.1, 0.15) is 32.6 Å². The number of hydrogen-bond donors (Lipinski definition) is 1. The van der Waals surface area contributed by atoms with Crippen molar-refractivity contribution in [1.29, 1.82) is 5.26 Å². The van der Waals surface area contributed by atoms with Gasteiger partial charge in [-0.25, -0.2) is 4.79 Å². The third-order valence-corrected chi connectivity index (χ3v) is 3.60. The van der Waals surface area contributed by atoms with Crippen LogP contribution in [0.15, 0.2) is 36.4 Å². The summed E-state index contributed by atoms with van der Waals surface area (Å²) >= 11 is 0. The Morgan fingerprint density at radius 1 is 1.17 bits per heavy atom. The van der Waals surface area contributed by atoms with Crippen LogP contribution in [0, 0.1) is 11.3 Å². The largest absolute Gasteiger partial charge is 0.513 e. The van der Waals surface area contributed by atoms with E-state index < -0.39 is 6.16 Å². The van der Waals surface area contributed by atoms with E-state index in [1.54, 1.807) is 6.08 Å². The number of benzene rings is 2. The predicted octanol–water partition coefficient (Wildman–Crippen LogP) is 3.09. The Bertz CT molecular complexity index is 920. The number of phenolic OH excluding ortho intramolecular Hbond substituents is 1. The first-order valence-electron chi connectivity index (χ1n) is 6.93. The molecule has 0 bridgehead atoms. The Hall–Kier alpha value is -3.59. The monoisotopic (exact) mass is 321 g/mol. The van der Waals surface area contributed by atoms with Gasteiger partial charge in [0.1, 0.15) is 11.5 Å². The molecule has 118 valence electrons. The fraction of sp³-hybridized carbons (Fsp3) is 0.0556. The van der Waals surface area contributed by atoms with Crippen molar-refractivity contribution in [1.82, 2.24) is 0 Å². The van der Waals surface area contributed by atoms with E-state index >= 15 is 0 Å². The van der Waals surface area contributed by atoms with Gasteiger partial charge in [-0.15, -0.1) is 0 Å². The van der Waals surface area contributed by atoms with Gasteiger partial charge in [0, 0.05) is 11.1 Å². The highest BCUT2D eigenvalue weighted by atomic mass is 16.7. The number of carbonyl (C=O) groups excluding carboxylic acids is 2. The van der Waals surface area contributed by atoms with E-state index in [-0.39, 0.29) is 22.9 Å². The molecular weight excluding hydrogens is 310 g/mol. The van der Waals surface area contributed by atoms with Crippen molar-refractivity contribution in [2.45, 2.75) is 0 Å². The zero-order chi connectivity index (χ0) is 17.3. The smallest absolute Gasteiger partial charge is 0.507 e. The van der Waals surface area contributed by atoms with E-state index in [1.807, 2.05) is 6.07 Å². The fourth-order valence-electron chi connectivity index (χ4n) is 2.33. The second kappa shape index (κ2) is 5.89. The fourth-order valence-corrected chi connectivity index (χ4v) is 2.33. The summed E-state index contributed by atoms with van der Waals surface area (Å²) in [6, 6.07) is 11.0. The second-order valence-electron chi connectivity index (χ2n) is 5.04. The maximum atomic E-state index is 12.5. The molecule has 0 aromatic heterocycles. The van der Waals surface area contributed by atoms with Crippen molar-refractivity contribution >= 4 is 23.8 Å². The Morgan fingerprint density at radius 3 is 2.50 bits per heavy atom. The van der Waals surface area contributed by atoms with E-state index in [0.29, 0.717) is 22.3 Å². The summed E-state index contributed by atoms with van der Waals surface area (Å²) < 4.78 is 9.30. The molecule has 3 rings (SSSR count). The number of carbonyl (C=O) groups is 2. The van der Waals surface area contributed by atoms with E-state index in [4.69, 9.17) is 10.00 Å². The molecule has 6 heteroatoms. The Morgan fingerprint density at radius 2 is 1.88 bits per heavy atom. The molecule has 0 unspecified atom stereocenters. The minimum Gasteiger partial charge on any atom is -0.507 e. The molecule has 0 atom stereocenters. The summed E-state index contributed by atoms with van der Waals surface area (Å²) in [6.45, 7) is 0. The first-order chi connectivity index (χ1) is 11.5. The van der Waals surface area contributed by atoms with Crippen LogP contribution in [0.4, 0.5) is 4.79 Å². The Balaban J connectivity index is 1.88. The van der Waals surface area contributed by atoms with Gasteiger partial charge in [0.25, 0.3) is 0 Å². The SMILES string of the molecule is COC(=O)OC1=Cc2cc(C(=O)c3ccc(C#N)cc3)c(O)cc21. The van der Waals surface area contributed by atoms with Crippen LogP contribution in [0.25, 0.3) is 11.8 Å². The van der Waals surface area contributed by atoms with Gasteiger partial charge in [-0.3, -0.25) is 4.79 Å². The summed E-state index contributed by atoms with van der Waals surface area (Å²) in [7, 11) is 1.19. The van der Waals surface area contributed by atoms with Crippen molar-refractivity contribution in [3.63, 3.8) is 0 Å². The number of phenols is 1. The predicted molar refractivity (Wildman–Crippen MR) is 84.1 cm³/mol. The van der Waals surface area contributed by atoms with Crippen LogP contribution in [-0.4, -0.2) is 24.2 Å². The number of nitrogens with zero attached hydrogens (tertiary/aromatic N) is 1. The first-order valence-corrected chi connectivity index (χ1v) is 6.93. The van der Waals surface area contributed by atoms with Crippen LogP contribution in [0.2, 0.25) is 0 Å². The minimum atomic E-state index is -0.857. The lowest BCUT2D eigenvalue weighted by Gasteiger charge is -2.20. The van der Waals surface area contributed by atoms with Gasteiger partial charge < -0.3 is 14.6 Å². The van der Waals surface area contributed by atoms with Gasteiger partial charge in [0.2, 0.25) is 0 Å². The maximum Gasteiger partial charge on any atom is 0.513 e. The lowest BCUT2D eigenvalue weighted by molar-refractivity contribution is 0.103. The summed E-state index contributed by atoms with van der Waals surface area (Å²) in [4.78, 5) is 23.6. The van der Waals surface area contributed by atoms with Gasteiger partial charge in [-0.1, -0.05) is 0 Å². The number of ether oxygens (including phenoxy) is 2.